The number of hydrogen-bond donors (Lipinski definition) is 0. The van der Waals surface area contributed by atoms with E-state index in [1.165, 1.54) is 12.1 Å². The van der Waals surface area contributed by atoms with Crippen LogP contribution in [0, 0.1) is 17.0 Å². The topological polar surface area (TPSA) is 81.5 Å². The Bertz CT molecular complexity index is 1210. The quantitative estimate of drug-likeness (QED) is 0.238. The van der Waals surface area contributed by atoms with Crippen LogP contribution in [0.25, 0.3) is 22.6 Å². The van der Waals surface area contributed by atoms with Crippen LogP contribution in [0.5, 0.6) is 0 Å². The molecule has 0 N–H and O–H groups in total. The fourth-order valence-electron chi connectivity index (χ4n) is 2.74. The van der Waals surface area contributed by atoms with Crippen molar-refractivity contribution >= 4 is 40.3 Å². The molecular weight excluding hydrogens is 378 g/mol. The molecule has 4 rings (SSSR count). The van der Waals surface area contributed by atoms with Crippen molar-refractivity contribution in [3.63, 3.8) is 0 Å². The summed E-state index contributed by atoms with van der Waals surface area (Å²) in [6, 6.07) is 17.3. The first kappa shape index (κ1) is 17.9. The summed E-state index contributed by atoms with van der Waals surface area (Å²) in [5.74, 6) is 0.429. The van der Waals surface area contributed by atoms with Crippen LogP contribution in [0.4, 0.5) is 11.4 Å². The smallest absolute Gasteiger partial charge is 0.269 e. The van der Waals surface area contributed by atoms with E-state index in [0.717, 1.165) is 16.6 Å². The van der Waals surface area contributed by atoms with Gasteiger partial charge in [-0.05, 0) is 60.5 Å². The Morgan fingerprint density at radius 1 is 1.11 bits per heavy atom. The molecule has 0 saturated carbocycles. The third kappa shape index (κ3) is 3.63. The maximum atomic E-state index is 10.7. The Hall–Kier alpha value is -3.51. The van der Waals surface area contributed by atoms with Gasteiger partial charge in [0.2, 0.25) is 5.89 Å². The summed E-state index contributed by atoms with van der Waals surface area (Å²) in [5, 5.41) is 11.2. The number of aromatic nitrogens is 1. The molecule has 0 aliphatic carbocycles. The summed E-state index contributed by atoms with van der Waals surface area (Å²) >= 11 is 6.34. The number of non-ortho nitro benzene ring substituents is 1. The normalized spacial score (nSPS) is 11.4. The van der Waals surface area contributed by atoms with Crippen molar-refractivity contribution in [1.82, 2.24) is 4.98 Å². The number of halogens is 1. The van der Waals surface area contributed by atoms with E-state index in [4.69, 9.17) is 16.0 Å². The molecule has 0 saturated heterocycles. The zero-order valence-corrected chi connectivity index (χ0v) is 15.6. The Balaban J connectivity index is 1.65. The lowest BCUT2D eigenvalue weighted by Crippen LogP contribution is -1.88. The highest BCUT2D eigenvalue weighted by atomic mass is 35.5. The van der Waals surface area contributed by atoms with Gasteiger partial charge >= 0.3 is 0 Å². The first-order valence-electron chi connectivity index (χ1n) is 8.45. The van der Waals surface area contributed by atoms with Crippen molar-refractivity contribution in [3.8, 4) is 11.5 Å². The van der Waals surface area contributed by atoms with Gasteiger partial charge in [-0.3, -0.25) is 15.1 Å². The Kier molecular flexibility index (Phi) is 4.63. The highest BCUT2D eigenvalue weighted by molar-refractivity contribution is 6.33. The zero-order valence-electron chi connectivity index (χ0n) is 14.8. The number of hydrogen-bond acceptors (Lipinski definition) is 5. The van der Waals surface area contributed by atoms with Crippen molar-refractivity contribution in [2.24, 2.45) is 4.99 Å². The van der Waals surface area contributed by atoms with Crippen LogP contribution in [0.3, 0.4) is 0 Å². The fraction of sp³-hybridized carbons (Fsp3) is 0.0476. The molecule has 0 fully saturated rings. The van der Waals surface area contributed by atoms with E-state index in [9.17, 15) is 10.1 Å². The van der Waals surface area contributed by atoms with E-state index in [1.807, 2.05) is 25.1 Å². The summed E-state index contributed by atoms with van der Waals surface area (Å²) in [5.41, 5.74) is 4.65. The van der Waals surface area contributed by atoms with Crippen LogP contribution in [0.1, 0.15) is 11.1 Å². The Labute approximate surface area is 165 Å². The number of benzene rings is 3. The molecule has 0 aliphatic rings. The lowest BCUT2D eigenvalue weighted by Gasteiger charge is -2.01. The van der Waals surface area contributed by atoms with Gasteiger partial charge in [0.15, 0.2) is 5.58 Å². The van der Waals surface area contributed by atoms with Crippen molar-refractivity contribution in [1.29, 1.82) is 0 Å². The molecule has 1 aromatic heterocycles. The molecule has 6 nitrogen and oxygen atoms in total. The van der Waals surface area contributed by atoms with Gasteiger partial charge in [-0.25, -0.2) is 4.98 Å². The molecule has 4 aromatic rings. The number of aryl methyl sites for hydroxylation is 1. The first-order valence-corrected chi connectivity index (χ1v) is 8.83. The Morgan fingerprint density at radius 3 is 2.64 bits per heavy atom. The van der Waals surface area contributed by atoms with Crippen molar-refractivity contribution < 1.29 is 9.34 Å². The van der Waals surface area contributed by atoms with Crippen LogP contribution in [0.2, 0.25) is 5.02 Å². The second-order valence-electron chi connectivity index (χ2n) is 6.26. The molecule has 0 amide bonds. The highest BCUT2D eigenvalue weighted by Gasteiger charge is 2.12. The maximum absolute atomic E-state index is 10.7. The predicted molar refractivity (Wildman–Crippen MR) is 110 cm³/mol. The van der Waals surface area contributed by atoms with E-state index in [0.29, 0.717) is 27.7 Å². The molecular formula is C21H14ClN3O3. The van der Waals surface area contributed by atoms with Crippen molar-refractivity contribution in [2.75, 3.05) is 0 Å². The molecule has 0 radical (unpaired) electrons. The number of nitrogens with zero attached hydrogens (tertiary/aromatic N) is 3. The predicted octanol–water partition coefficient (Wildman–Crippen LogP) is 6.12. The molecule has 1 heterocycles. The molecule has 3 aromatic carbocycles. The number of fused-ring (bicyclic) bond motifs is 1. The molecule has 0 aliphatic heterocycles. The molecule has 0 atom stereocenters. The first-order chi connectivity index (χ1) is 13.5. The van der Waals surface area contributed by atoms with Gasteiger partial charge in [-0.1, -0.05) is 17.7 Å². The van der Waals surface area contributed by atoms with E-state index >= 15 is 0 Å². The molecule has 28 heavy (non-hydrogen) atoms. The molecule has 7 heteroatoms. The second-order valence-corrected chi connectivity index (χ2v) is 6.67. The number of aliphatic imine (C=N–C) groups is 1. The molecule has 138 valence electrons. The molecule has 0 bridgehead atoms. The average molecular weight is 392 g/mol. The molecule has 0 spiro atoms. The zero-order chi connectivity index (χ0) is 19.7. The van der Waals surface area contributed by atoms with Gasteiger partial charge in [0.1, 0.15) is 5.52 Å². The van der Waals surface area contributed by atoms with Crippen molar-refractivity contribution in [2.45, 2.75) is 6.92 Å². The summed E-state index contributed by atoms with van der Waals surface area (Å²) in [6.45, 7) is 1.99. The van der Waals surface area contributed by atoms with E-state index in [2.05, 4.69) is 9.98 Å². The lowest BCUT2D eigenvalue weighted by atomic mass is 10.2. The lowest BCUT2D eigenvalue weighted by molar-refractivity contribution is -0.384. The number of rotatable bonds is 4. The monoisotopic (exact) mass is 391 g/mol. The van der Waals surface area contributed by atoms with Crippen LogP contribution in [-0.2, 0) is 0 Å². The van der Waals surface area contributed by atoms with Gasteiger partial charge in [0.05, 0.1) is 21.2 Å². The van der Waals surface area contributed by atoms with Crippen LogP contribution in [-0.4, -0.2) is 16.1 Å². The Morgan fingerprint density at radius 2 is 1.89 bits per heavy atom. The second kappa shape index (κ2) is 7.25. The van der Waals surface area contributed by atoms with E-state index in [1.54, 1.807) is 36.5 Å². The molecule has 0 unspecified atom stereocenters. The number of oxazole rings is 1. The van der Waals surface area contributed by atoms with E-state index in [-0.39, 0.29) is 5.69 Å². The summed E-state index contributed by atoms with van der Waals surface area (Å²) in [4.78, 5) is 19.2. The van der Waals surface area contributed by atoms with Gasteiger partial charge in [0, 0.05) is 18.3 Å². The third-order valence-electron chi connectivity index (χ3n) is 4.19. The summed E-state index contributed by atoms with van der Waals surface area (Å²) < 4.78 is 5.86. The third-order valence-corrected chi connectivity index (χ3v) is 4.52. The summed E-state index contributed by atoms with van der Waals surface area (Å²) in [6.07, 6.45) is 1.63. The minimum atomic E-state index is -0.436. The number of nitro groups is 1. The van der Waals surface area contributed by atoms with Crippen LogP contribution >= 0.6 is 11.6 Å². The fourth-order valence-corrected chi connectivity index (χ4v) is 2.93. The average Bonchev–Trinajstić information content (AvgIpc) is 3.10. The van der Waals surface area contributed by atoms with Gasteiger partial charge in [-0.2, -0.15) is 0 Å². The van der Waals surface area contributed by atoms with Crippen LogP contribution < -0.4 is 0 Å². The van der Waals surface area contributed by atoms with Crippen LogP contribution in [0.15, 0.2) is 70.1 Å². The van der Waals surface area contributed by atoms with Gasteiger partial charge in [0.25, 0.3) is 5.69 Å². The highest BCUT2D eigenvalue weighted by Crippen LogP contribution is 2.33. The van der Waals surface area contributed by atoms with E-state index < -0.39 is 4.92 Å². The minimum absolute atomic E-state index is 0.0390. The standard InChI is InChI=1S/C21H14ClN3O3/c1-13-2-9-19-20(10-13)28-21(24-19)17-11-15(5-8-18(17)22)23-12-14-3-6-16(7-4-14)25(26)27/h2-12H,1H3. The van der Waals surface area contributed by atoms with Crippen molar-refractivity contribution in [3.05, 3.63) is 86.9 Å². The minimum Gasteiger partial charge on any atom is -0.436 e. The van der Waals surface area contributed by atoms with Gasteiger partial charge < -0.3 is 4.42 Å². The number of nitro benzene ring substituents is 1. The maximum Gasteiger partial charge on any atom is 0.269 e. The SMILES string of the molecule is Cc1ccc2nc(-c3cc(N=Cc4ccc([N+](=O)[O-])cc4)ccc3Cl)oc2c1. The van der Waals surface area contributed by atoms with Gasteiger partial charge in [-0.15, -0.1) is 0 Å². The summed E-state index contributed by atoms with van der Waals surface area (Å²) in [7, 11) is 0. The largest absolute Gasteiger partial charge is 0.436 e.